The van der Waals surface area contributed by atoms with Crippen molar-refractivity contribution in [3.8, 4) is 11.6 Å². The lowest BCUT2D eigenvalue weighted by atomic mass is 10.2. The summed E-state index contributed by atoms with van der Waals surface area (Å²) >= 11 is 5.81. The SMILES string of the molecule is COc1cccc2c1ccn2-c1ccnc(Cl)n1. The Balaban J connectivity index is 2.25. The topological polar surface area (TPSA) is 39.9 Å². The van der Waals surface area contributed by atoms with Gasteiger partial charge in [-0.2, -0.15) is 4.98 Å². The number of benzene rings is 1. The van der Waals surface area contributed by atoms with Gasteiger partial charge in [0.2, 0.25) is 5.28 Å². The van der Waals surface area contributed by atoms with Crippen molar-refractivity contribution < 1.29 is 4.74 Å². The van der Waals surface area contributed by atoms with Crippen LogP contribution in [0.3, 0.4) is 0 Å². The number of ether oxygens (including phenoxy) is 1. The molecule has 2 heterocycles. The van der Waals surface area contributed by atoms with E-state index in [1.165, 1.54) is 0 Å². The molecule has 0 spiro atoms. The highest BCUT2D eigenvalue weighted by Crippen LogP contribution is 2.27. The molecule has 0 saturated carbocycles. The van der Waals surface area contributed by atoms with Gasteiger partial charge >= 0.3 is 0 Å². The van der Waals surface area contributed by atoms with Gasteiger partial charge in [-0.25, -0.2) is 4.98 Å². The Morgan fingerprint density at radius 2 is 2.11 bits per heavy atom. The molecule has 90 valence electrons. The van der Waals surface area contributed by atoms with E-state index in [4.69, 9.17) is 16.3 Å². The fraction of sp³-hybridized carbons (Fsp3) is 0.0769. The van der Waals surface area contributed by atoms with Crippen molar-refractivity contribution in [3.05, 3.63) is 48.0 Å². The molecule has 5 heteroatoms. The van der Waals surface area contributed by atoms with Crippen molar-refractivity contribution in [2.75, 3.05) is 7.11 Å². The molecule has 0 aliphatic rings. The van der Waals surface area contributed by atoms with Gasteiger partial charge in [-0.3, -0.25) is 0 Å². The first-order valence-corrected chi connectivity index (χ1v) is 5.80. The van der Waals surface area contributed by atoms with Crippen LogP contribution < -0.4 is 4.74 Å². The monoisotopic (exact) mass is 259 g/mol. The van der Waals surface area contributed by atoms with E-state index in [0.29, 0.717) is 0 Å². The van der Waals surface area contributed by atoms with Crippen molar-refractivity contribution in [3.63, 3.8) is 0 Å². The lowest BCUT2D eigenvalue weighted by Crippen LogP contribution is -1.96. The summed E-state index contributed by atoms with van der Waals surface area (Å²) in [5.41, 5.74) is 1.02. The molecule has 0 saturated heterocycles. The first-order chi connectivity index (χ1) is 8.79. The highest BCUT2D eigenvalue weighted by atomic mass is 35.5. The molecule has 0 N–H and O–H groups in total. The average molecular weight is 260 g/mol. The molecule has 2 aromatic heterocycles. The third kappa shape index (κ3) is 1.71. The van der Waals surface area contributed by atoms with Gasteiger partial charge in [0.15, 0.2) is 0 Å². The summed E-state index contributed by atoms with van der Waals surface area (Å²) in [4.78, 5) is 8.08. The molecule has 0 aliphatic carbocycles. The van der Waals surface area contributed by atoms with Gasteiger partial charge in [0, 0.05) is 17.8 Å². The molecule has 3 aromatic rings. The van der Waals surface area contributed by atoms with Crippen molar-refractivity contribution in [2.24, 2.45) is 0 Å². The minimum Gasteiger partial charge on any atom is -0.496 e. The van der Waals surface area contributed by atoms with E-state index >= 15 is 0 Å². The molecular weight excluding hydrogens is 250 g/mol. The Kier molecular flexibility index (Phi) is 2.64. The second-order valence-electron chi connectivity index (χ2n) is 3.76. The van der Waals surface area contributed by atoms with Gasteiger partial charge < -0.3 is 9.30 Å². The maximum Gasteiger partial charge on any atom is 0.224 e. The number of halogens is 1. The zero-order valence-corrected chi connectivity index (χ0v) is 10.4. The van der Waals surface area contributed by atoms with Gasteiger partial charge in [-0.1, -0.05) is 6.07 Å². The van der Waals surface area contributed by atoms with Crippen LogP contribution in [0, 0.1) is 0 Å². The Hall–Kier alpha value is -2.07. The van der Waals surface area contributed by atoms with Crippen LogP contribution in [0.25, 0.3) is 16.7 Å². The fourth-order valence-electron chi connectivity index (χ4n) is 1.98. The third-order valence-corrected chi connectivity index (χ3v) is 2.95. The minimum atomic E-state index is 0.234. The van der Waals surface area contributed by atoms with Crippen molar-refractivity contribution in [2.45, 2.75) is 0 Å². The van der Waals surface area contributed by atoms with E-state index in [2.05, 4.69) is 9.97 Å². The van der Waals surface area contributed by atoms with Gasteiger partial charge in [-0.05, 0) is 35.9 Å². The molecule has 0 amide bonds. The van der Waals surface area contributed by atoms with Gasteiger partial charge in [0.25, 0.3) is 0 Å². The normalized spacial score (nSPS) is 10.8. The summed E-state index contributed by atoms with van der Waals surface area (Å²) in [7, 11) is 1.66. The maximum absolute atomic E-state index is 5.81. The molecule has 0 atom stereocenters. The molecule has 3 rings (SSSR count). The number of nitrogens with zero attached hydrogens (tertiary/aromatic N) is 3. The summed E-state index contributed by atoms with van der Waals surface area (Å²) in [6.07, 6.45) is 3.57. The number of methoxy groups -OCH3 is 1. The molecule has 0 unspecified atom stereocenters. The van der Waals surface area contributed by atoms with Crippen molar-refractivity contribution in [1.29, 1.82) is 0 Å². The second-order valence-corrected chi connectivity index (χ2v) is 4.10. The highest BCUT2D eigenvalue weighted by Gasteiger charge is 2.08. The van der Waals surface area contributed by atoms with Crippen molar-refractivity contribution in [1.82, 2.24) is 14.5 Å². The van der Waals surface area contributed by atoms with Crippen molar-refractivity contribution >= 4 is 22.5 Å². The first kappa shape index (κ1) is 11.0. The average Bonchev–Trinajstić information content (AvgIpc) is 2.82. The quantitative estimate of drug-likeness (QED) is 0.664. The lowest BCUT2D eigenvalue weighted by molar-refractivity contribution is 0.420. The predicted molar refractivity (Wildman–Crippen MR) is 70.4 cm³/mol. The number of fused-ring (bicyclic) bond motifs is 1. The van der Waals surface area contributed by atoms with Crippen LogP contribution in [-0.2, 0) is 0 Å². The van der Waals surface area contributed by atoms with Crippen LogP contribution in [0.2, 0.25) is 5.28 Å². The molecule has 0 aliphatic heterocycles. The molecule has 0 bridgehead atoms. The second kappa shape index (κ2) is 4.31. The van der Waals surface area contributed by atoms with E-state index in [9.17, 15) is 0 Å². The van der Waals surface area contributed by atoms with Crippen LogP contribution in [0.1, 0.15) is 0 Å². The predicted octanol–water partition coefficient (Wildman–Crippen LogP) is 3.08. The van der Waals surface area contributed by atoms with E-state index in [0.717, 1.165) is 22.5 Å². The zero-order chi connectivity index (χ0) is 12.5. The van der Waals surface area contributed by atoms with Crippen LogP contribution in [0.5, 0.6) is 5.75 Å². The summed E-state index contributed by atoms with van der Waals surface area (Å²) in [6, 6.07) is 9.68. The van der Waals surface area contributed by atoms with E-state index in [1.807, 2.05) is 41.1 Å². The molecule has 0 fully saturated rings. The highest BCUT2D eigenvalue weighted by molar-refractivity contribution is 6.28. The van der Waals surface area contributed by atoms with Crippen LogP contribution >= 0.6 is 11.6 Å². The zero-order valence-electron chi connectivity index (χ0n) is 9.67. The fourth-order valence-corrected chi connectivity index (χ4v) is 2.12. The summed E-state index contributed by atoms with van der Waals surface area (Å²) < 4.78 is 7.28. The summed E-state index contributed by atoms with van der Waals surface area (Å²) in [6.45, 7) is 0. The van der Waals surface area contributed by atoms with E-state index < -0.39 is 0 Å². The van der Waals surface area contributed by atoms with Gasteiger partial charge in [0.1, 0.15) is 11.6 Å². The Morgan fingerprint density at radius 1 is 1.22 bits per heavy atom. The Labute approximate surface area is 109 Å². The van der Waals surface area contributed by atoms with Crippen LogP contribution in [0.15, 0.2) is 42.7 Å². The maximum atomic E-state index is 5.81. The Morgan fingerprint density at radius 3 is 2.89 bits per heavy atom. The van der Waals surface area contributed by atoms with E-state index in [-0.39, 0.29) is 5.28 Å². The molecule has 18 heavy (non-hydrogen) atoms. The largest absolute Gasteiger partial charge is 0.496 e. The van der Waals surface area contributed by atoms with E-state index in [1.54, 1.807) is 13.3 Å². The number of hydrogen-bond donors (Lipinski definition) is 0. The van der Waals surface area contributed by atoms with Crippen LogP contribution in [-0.4, -0.2) is 21.6 Å². The van der Waals surface area contributed by atoms with Crippen LogP contribution in [0.4, 0.5) is 0 Å². The molecule has 1 aromatic carbocycles. The van der Waals surface area contributed by atoms with Gasteiger partial charge in [-0.15, -0.1) is 0 Å². The summed E-state index contributed by atoms with van der Waals surface area (Å²) in [5.74, 6) is 1.57. The Bertz CT molecular complexity index is 708. The number of aromatic nitrogens is 3. The summed E-state index contributed by atoms with van der Waals surface area (Å²) in [5, 5.41) is 1.27. The molecular formula is C13H10ClN3O. The lowest BCUT2D eigenvalue weighted by Gasteiger charge is -2.05. The standard InChI is InChI=1S/C13H10ClN3O/c1-18-11-4-2-3-10-9(11)6-8-17(10)12-5-7-15-13(14)16-12/h2-8H,1H3. The number of rotatable bonds is 2. The third-order valence-electron chi connectivity index (χ3n) is 2.77. The molecule has 4 nitrogen and oxygen atoms in total. The van der Waals surface area contributed by atoms with Gasteiger partial charge in [0.05, 0.1) is 12.6 Å². The smallest absolute Gasteiger partial charge is 0.224 e. The number of hydrogen-bond acceptors (Lipinski definition) is 3. The molecule has 0 radical (unpaired) electrons. The first-order valence-electron chi connectivity index (χ1n) is 5.42. The minimum absolute atomic E-state index is 0.234.